The van der Waals surface area contributed by atoms with E-state index in [1.54, 1.807) is 0 Å². The van der Waals surface area contributed by atoms with Crippen LogP contribution in [0.2, 0.25) is 0 Å². The van der Waals surface area contributed by atoms with Gasteiger partial charge in [-0.25, -0.2) is 0 Å². The van der Waals surface area contributed by atoms with Crippen molar-refractivity contribution < 1.29 is 4.79 Å². The van der Waals surface area contributed by atoms with Crippen molar-refractivity contribution in [1.29, 1.82) is 0 Å². The molecule has 1 unspecified atom stereocenters. The van der Waals surface area contributed by atoms with Crippen LogP contribution in [0.5, 0.6) is 0 Å². The van der Waals surface area contributed by atoms with Crippen molar-refractivity contribution in [3.8, 4) is 0 Å². The zero-order chi connectivity index (χ0) is 9.97. The predicted molar refractivity (Wildman–Crippen MR) is 57.7 cm³/mol. The number of likely N-dealkylation sites (N-methyl/N-ethyl adjacent to an activating group) is 1. The minimum atomic E-state index is 0.0697. The van der Waals surface area contributed by atoms with E-state index in [-0.39, 0.29) is 5.91 Å². The van der Waals surface area contributed by atoms with Gasteiger partial charge in [-0.2, -0.15) is 0 Å². The summed E-state index contributed by atoms with van der Waals surface area (Å²) in [6.07, 6.45) is 1.06. The normalized spacial score (nSPS) is 22.5. The van der Waals surface area contributed by atoms with E-state index in [0.29, 0.717) is 6.04 Å². The van der Waals surface area contributed by atoms with E-state index in [1.165, 1.54) is 11.3 Å². The summed E-state index contributed by atoms with van der Waals surface area (Å²) in [4.78, 5) is 14.7. The third kappa shape index (κ3) is 2.13. The van der Waals surface area contributed by atoms with Gasteiger partial charge in [0.05, 0.1) is 4.88 Å². The fraction of sp³-hybridized carbons (Fsp3) is 0.500. The number of hydrogen-bond donors (Lipinski definition) is 1. The Morgan fingerprint density at radius 1 is 1.71 bits per heavy atom. The average Bonchev–Trinajstić information content (AvgIpc) is 2.75. The van der Waals surface area contributed by atoms with Crippen LogP contribution in [0.3, 0.4) is 0 Å². The molecule has 0 bridgehead atoms. The van der Waals surface area contributed by atoms with Crippen LogP contribution in [-0.4, -0.2) is 37.0 Å². The Hall–Kier alpha value is -0.870. The lowest BCUT2D eigenvalue weighted by Gasteiger charge is -2.11. The van der Waals surface area contributed by atoms with Gasteiger partial charge in [0.25, 0.3) is 5.91 Å². The maximum Gasteiger partial charge on any atom is 0.261 e. The van der Waals surface area contributed by atoms with E-state index in [1.807, 2.05) is 17.5 Å². The van der Waals surface area contributed by atoms with Gasteiger partial charge in [-0.1, -0.05) is 6.07 Å². The first-order valence-corrected chi connectivity index (χ1v) is 5.66. The van der Waals surface area contributed by atoms with E-state index in [0.717, 1.165) is 24.4 Å². The number of likely N-dealkylation sites (tertiary alicyclic amines) is 1. The van der Waals surface area contributed by atoms with Gasteiger partial charge in [0, 0.05) is 12.6 Å². The van der Waals surface area contributed by atoms with Gasteiger partial charge in [0.15, 0.2) is 0 Å². The number of carbonyl (C=O) groups excluding carboxylic acids is 1. The number of amides is 1. The summed E-state index contributed by atoms with van der Waals surface area (Å²) >= 11 is 1.49. The molecule has 1 N–H and O–H groups in total. The van der Waals surface area contributed by atoms with Crippen LogP contribution in [-0.2, 0) is 0 Å². The Labute approximate surface area is 87.7 Å². The molecule has 76 valence electrons. The molecule has 1 aliphatic rings. The molecule has 14 heavy (non-hydrogen) atoms. The van der Waals surface area contributed by atoms with Crippen LogP contribution in [0.1, 0.15) is 16.1 Å². The second-order valence-corrected chi connectivity index (χ2v) is 4.65. The monoisotopic (exact) mass is 210 g/mol. The Bertz CT molecular complexity index is 310. The summed E-state index contributed by atoms with van der Waals surface area (Å²) in [6, 6.07) is 4.09. The predicted octanol–water partition coefficient (Wildman–Crippen LogP) is 1.18. The molecule has 1 aromatic heterocycles. The lowest BCUT2D eigenvalue weighted by atomic mass is 10.2. The first kappa shape index (κ1) is 9.68. The van der Waals surface area contributed by atoms with E-state index >= 15 is 0 Å². The van der Waals surface area contributed by atoms with Crippen LogP contribution >= 0.6 is 11.3 Å². The molecule has 0 aliphatic carbocycles. The summed E-state index contributed by atoms with van der Waals surface area (Å²) in [5.74, 6) is 0.0697. The third-order valence-electron chi connectivity index (χ3n) is 2.47. The number of nitrogens with one attached hydrogen (secondary N) is 1. The zero-order valence-electron chi connectivity index (χ0n) is 8.19. The quantitative estimate of drug-likeness (QED) is 0.795. The van der Waals surface area contributed by atoms with Gasteiger partial charge in [-0.3, -0.25) is 4.79 Å². The summed E-state index contributed by atoms with van der Waals surface area (Å²) in [5, 5.41) is 4.97. The highest BCUT2D eigenvalue weighted by Crippen LogP contribution is 2.11. The van der Waals surface area contributed by atoms with Gasteiger partial charge >= 0.3 is 0 Å². The van der Waals surface area contributed by atoms with Crippen LogP contribution in [0.15, 0.2) is 17.5 Å². The number of carbonyl (C=O) groups is 1. The molecule has 1 aromatic rings. The Morgan fingerprint density at radius 3 is 3.14 bits per heavy atom. The highest BCUT2D eigenvalue weighted by molar-refractivity contribution is 7.12. The first-order valence-electron chi connectivity index (χ1n) is 4.78. The van der Waals surface area contributed by atoms with Gasteiger partial charge in [-0.05, 0) is 31.5 Å². The Kier molecular flexibility index (Phi) is 2.84. The minimum Gasteiger partial charge on any atom is -0.347 e. The molecule has 2 heterocycles. The number of nitrogens with zero attached hydrogens (tertiary/aromatic N) is 1. The highest BCUT2D eigenvalue weighted by atomic mass is 32.1. The first-order chi connectivity index (χ1) is 6.75. The number of thiophene rings is 1. The molecule has 0 aromatic carbocycles. The van der Waals surface area contributed by atoms with E-state index in [9.17, 15) is 4.79 Å². The fourth-order valence-corrected chi connectivity index (χ4v) is 2.34. The smallest absolute Gasteiger partial charge is 0.261 e. The minimum absolute atomic E-state index is 0.0697. The Balaban J connectivity index is 1.89. The highest BCUT2D eigenvalue weighted by Gasteiger charge is 2.21. The van der Waals surface area contributed by atoms with Crippen molar-refractivity contribution in [2.45, 2.75) is 12.5 Å². The lowest BCUT2D eigenvalue weighted by molar-refractivity contribution is 0.0942. The molecule has 1 aliphatic heterocycles. The number of hydrogen-bond acceptors (Lipinski definition) is 3. The zero-order valence-corrected chi connectivity index (χ0v) is 9.01. The van der Waals surface area contributed by atoms with Crippen molar-refractivity contribution in [3.63, 3.8) is 0 Å². The molecular weight excluding hydrogens is 196 g/mol. The largest absolute Gasteiger partial charge is 0.347 e. The second-order valence-electron chi connectivity index (χ2n) is 3.70. The maximum atomic E-state index is 11.6. The molecule has 0 spiro atoms. The summed E-state index contributed by atoms with van der Waals surface area (Å²) in [7, 11) is 2.08. The van der Waals surface area contributed by atoms with Gasteiger partial charge in [0.2, 0.25) is 0 Å². The molecule has 1 atom stereocenters. The second kappa shape index (κ2) is 4.11. The van der Waals surface area contributed by atoms with Gasteiger partial charge < -0.3 is 10.2 Å². The van der Waals surface area contributed by atoms with Crippen molar-refractivity contribution >= 4 is 17.2 Å². The molecule has 1 saturated heterocycles. The van der Waals surface area contributed by atoms with Crippen molar-refractivity contribution in [3.05, 3.63) is 22.4 Å². The van der Waals surface area contributed by atoms with Crippen LogP contribution in [0.25, 0.3) is 0 Å². The topological polar surface area (TPSA) is 32.3 Å². The van der Waals surface area contributed by atoms with Crippen LogP contribution in [0.4, 0.5) is 0 Å². The average molecular weight is 210 g/mol. The van der Waals surface area contributed by atoms with Crippen LogP contribution in [0, 0.1) is 0 Å². The molecule has 0 saturated carbocycles. The SMILES string of the molecule is CN1CCC(NC(=O)c2cccs2)C1. The Morgan fingerprint density at radius 2 is 2.57 bits per heavy atom. The molecule has 2 rings (SSSR count). The third-order valence-corrected chi connectivity index (χ3v) is 3.34. The molecule has 4 heteroatoms. The van der Waals surface area contributed by atoms with E-state index in [4.69, 9.17) is 0 Å². The summed E-state index contributed by atoms with van der Waals surface area (Å²) in [6.45, 7) is 2.05. The summed E-state index contributed by atoms with van der Waals surface area (Å²) in [5.41, 5.74) is 0. The van der Waals surface area contributed by atoms with Crippen molar-refractivity contribution in [1.82, 2.24) is 10.2 Å². The van der Waals surface area contributed by atoms with Gasteiger partial charge in [-0.15, -0.1) is 11.3 Å². The molecule has 1 amide bonds. The maximum absolute atomic E-state index is 11.6. The molecule has 3 nitrogen and oxygen atoms in total. The molecular formula is C10H14N2OS. The molecule has 0 radical (unpaired) electrons. The number of rotatable bonds is 2. The lowest BCUT2D eigenvalue weighted by Crippen LogP contribution is -2.36. The van der Waals surface area contributed by atoms with Crippen LogP contribution < -0.4 is 5.32 Å². The molecule has 1 fully saturated rings. The standard InChI is InChI=1S/C10H14N2OS/c1-12-5-4-8(7-12)11-10(13)9-3-2-6-14-9/h2-3,6,8H,4-5,7H2,1H3,(H,11,13). The van der Waals surface area contributed by atoms with E-state index < -0.39 is 0 Å². The summed E-state index contributed by atoms with van der Waals surface area (Å²) < 4.78 is 0. The van der Waals surface area contributed by atoms with Crippen molar-refractivity contribution in [2.24, 2.45) is 0 Å². The van der Waals surface area contributed by atoms with Crippen molar-refractivity contribution in [2.75, 3.05) is 20.1 Å². The van der Waals surface area contributed by atoms with E-state index in [2.05, 4.69) is 17.3 Å². The van der Waals surface area contributed by atoms with Gasteiger partial charge in [0.1, 0.15) is 0 Å². The fourth-order valence-electron chi connectivity index (χ4n) is 1.72.